The summed E-state index contributed by atoms with van der Waals surface area (Å²) in [5.74, 6) is -2.16. The van der Waals surface area contributed by atoms with E-state index >= 15 is 0 Å². The van der Waals surface area contributed by atoms with Crippen molar-refractivity contribution in [1.82, 2.24) is 0 Å². The third kappa shape index (κ3) is 69.8. The van der Waals surface area contributed by atoms with Gasteiger partial charge in [0.25, 0.3) is 0 Å². The van der Waals surface area contributed by atoms with Crippen LogP contribution in [0.25, 0.3) is 0 Å². The highest BCUT2D eigenvalue weighted by molar-refractivity contribution is 7.47. The molecular formula is C76H144O17P2. The smallest absolute Gasteiger partial charge is 0.462 e. The Morgan fingerprint density at radius 3 is 0.768 bits per heavy atom. The molecule has 19 heteroatoms. The lowest BCUT2D eigenvalue weighted by Crippen LogP contribution is -2.30. The van der Waals surface area contributed by atoms with Crippen molar-refractivity contribution in [1.29, 1.82) is 0 Å². The Morgan fingerprint density at radius 2 is 0.505 bits per heavy atom. The number of unbranched alkanes of at least 4 members (excludes halogenated alkanes) is 46. The molecule has 0 heterocycles. The second-order valence-corrected chi connectivity index (χ2v) is 29.6. The number of esters is 4. The molecule has 0 fully saturated rings. The molecule has 0 aromatic rings. The average Bonchev–Trinajstić information content (AvgIpc) is 2.90. The van der Waals surface area contributed by atoms with Crippen molar-refractivity contribution in [3.05, 3.63) is 24.3 Å². The molecule has 0 aromatic heterocycles. The van der Waals surface area contributed by atoms with Crippen molar-refractivity contribution in [2.45, 2.75) is 399 Å². The molecule has 0 aromatic carbocycles. The van der Waals surface area contributed by atoms with E-state index < -0.39 is 97.5 Å². The fraction of sp³-hybridized carbons (Fsp3) is 0.895. The van der Waals surface area contributed by atoms with E-state index in [1.807, 2.05) is 0 Å². The third-order valence-electron chi connectivity index (χ3n) is 17.2. The van der Waals surface area contributed by atoms with E-state index in [1.165, 1.54) is 186 Å². The van der Waals surface area contributed by atoms with Gasteiger partial charge < -0.3 is 33.8 Å². The van der Waals surface area contributed by atoms with E-state index in [-0.39, 0.29) is 25.7 Å². The van der Waals surface area contributed by atoms with Gasteiger partial charge in [-0.2, -0.15) is 0 Å². The van der Waals surface area contributed by atoms with Crippen LogP contribution in [-0.4, -0.2) is 96.7 Å². The van der Waals surface area contributed by atoms with Gasteiger partial charge in [0, 0.05) is 25.7 Å². The number of rotatable bonds is 75. The van der Waals surface area contributed by atoms with Crippen molar-refractivity contribution in [2.75, 3.05) is 39.6 Å². The summed E-state index contributed by atoms with van der Waals surface area (Å²) in [5, 5.41) is 10.6. The summed E-state index contributed by atoms with van der Waals surface area (Å²) in [7, 11) is -9.91. The number of phosphoric acid groups is 2. The predicted octanol–water partition coefficient (Wildman–Crippen LogP) is 22.2. The van der Waals surface area contributed by atoms with E-state index in [0.29, 0.717) is 25.7 Å². The number of aliphatic hydroxyl groups is 1. The fourth-order valence-corrected chi connectivity index (χ4v) is 12.8. The van der Waals surface area contributed by atoms with Gasteiger partial charge in [0.15, 0.2) is 12.2 Å². The maximum atomic E-state index is 13.1. The Kier molecular flexibility index (Phi) is 68.2. The van der Waals surface area contributed by atoms with Gasteiger partial charge in [-0.15, -0.1) is 0 Å². The second kappa shape index (κ2) is 70.0. The molecule has 0 amide bonds. The Hall–Kier alpha value is -2.46. The summed E-state index contributed by atoms with van der Waals surface area (Å²) in [5.41, 5.74) is 0. The van der Waals surface area contributed by atoms with Gasteiger partial charge in [-0.1, -0.05) is 328 Å². The van der Waals surface area contributed by atoms with E-state index in [1.54, 1.807) is 0 Å². The zero-order valence-electron chi connectivity index (χ0n) is 61.1. The van der Waals surface area contributed by atoms with Gasteiger partial charge in [-0.3, -0.25) is 37.3 Å². The van der Waals surface area contributed by atoms with E-state index in [4.69, 9.17) is 37.0 Å². The minimum atomic E-state index is -4.96. The van der Waals surface area contributed by atoms with Gasteiger partial charge >= 0.3 is 39.5 Å². The molecule has 0 radical (unpaired) electrons. The van der Waals surface area contributed by atoms with Crippen LogP contribution in [0.5, 0.6) is 0 Å². The Labute approximate surface area is 580 Å². The number of allylic oxidation sites excluding steroid dienone is 4. The molecule has 0 aliphatic heterocycles. The Morgan fingerprint density at radius 1 is 0.295 bits per heavy atom. The SMILES string of the molecule is CCCCCC/C=C\C=C/CCCCCCCC(=O)OC[C@H](COP(=O)(O)OC[C@@H](O)COP(=O)(O)OC[C@@H](COC(=O)CCCCCCC)OC(=O)CCCCCCCCCCCCCCCC)OC(=O)CCCCCCCCCCCCCCCCCCCCCCC. The highest BCUT2D eigenvalue weighted by Crippen LogP contribution is 2.45. The first-order valence-corrected chi connectivity index (χ1v) is 42.1. The van der Waals surface area contributed by atoms with Crippen LogP contribution < -0.4 is 0 Å². The third-order valence-corrected chi connectivity index (χ3v) is 19.1. The van der Waals surface area contributed by atoms with Crippen molar-refractivity contribution in [3.63, 3.8) is 0 Å². The Bertz CT molecular complexity index is 1900. The first-order chi connectivity index (χ1) is 46.2. The number of carbonyl (C=O) groups is 4. The fourth-order valence-electron chi connectivity index (χ4n) is 11.2. The number of hydrogen-bond acceptors (Lipinski definition) is 15. The van der Waals surface area contributed by atoms with Crippen LogP contribution in [-0.2, 0) is 65.4 Å². The molecule has 3 N–H and O–H groups in total. The van der Waals surface area contributed by atoms with Gasteiger partial charge in [0.05, 0.1) is 26.4 Å². The molecule has 5 atom stereocenters. The summed E-state index contributed by atoms with van der Waals surface area (Å²) >= 11 is 0. The molecule has 0 saturated heterocycles. The van der Waals surface area contributed by atoms with Crippen LogP contribution in [0.1, 0.15) is 381 Å². The topological polar surface area (TPSA) is 237 Å². The van der Waals surface area contributed by atoms with E-state index in [0.717, 1.165) is 116 Å². The van der Waals surface area contributed by atoms with Crippen LogP contribution in [0.2, 0.25) is 0 Å². The molecular weight excluding hydrogens is 1250 g/mol. The molecule has 0 saturated carbocycles. The molecule has 17 nitrogen and oxygen atoms in total. The lowest BCUT2D eigenvalue weighted by Gasteiger charge is -2.21. The minimum absolute atomic E-state index is 0.102. The molecule has 0 aliphatic carbocycles. The lowest BCUT2D eigenvalue weighted by atomic mass is 10.0. The zero-order valence-corrected chi connectivity index (χ0v) is 62.9. The molecule has 95 heavy (non-hydrogen) atoms. The summed E-state index contributed by atoms with van der Waals surface area (Å²) in [6.07, 6.45) is 63.7. The Balaban J connectivity index is 5.15. The van der Waals surface area contributed by atoms with Crippen LogP contribution >= 0.6 is 15.6 Å². The number of ether oxygens (including phenoxy) is 4. The summed E-state index contributed by atoms with van der Waals surface area (Å²) in [6.45, 7) is 4.83. The van der Waals surface area contributed by atoms with Crippen LogP contribution in [0, 0.1) is 0 Å². The van der Waals surface area contributed by atoms with Crippen LogP contribution in [0.3, 0.4) is 0 Å². The number of carbonyl (C=O) groups excluding carboxylic acids is 4. The maximum Gasteiger partial charge on any atom is 0.472 e. The highest BCUT2D eigenvalue weighted by Gasteiger charge is 2.30. The first kappa shape index (κ1) is 92.5. The largest absolute Gasteiger partial charge is 0.472 e. The number of aliphatic hydroxyl groups excluding tert-OH is 1. The van der Waals surface area contributed by atoms with Crippen LogP contribution in [0.15, 0.2) is 24.3 Å². The number of phosphoric ester groups is 2. The summed E-state index contributed by atoms with van der Waals surface area (Å²) in [6, 6.07) is 0. The van der Waals surface area contributed by atoms with Crippen molar-refractivity contribution < 1.29 is 80.2 Å². The molecule has 0 aliphatic rings. The highest BCUT2D eigenvalue weighted by atomic mass is 31.2. The lowest BCUT2D eigenvalue weighted by molar-refractivity contribution is -0.161. The summed E-state index contributed by atoms with van der Waals surface area (Å²) in [4.78, 5) is 72.5. The average molecular weight is 1390 g/mol. The second-order valence-electron chi connectivity index (χ2n) is 26.7. The normalized spacial score (nSPS) is 14.1. The van der Waals surface area contributed by atoms with Crippen molar-refractivity contribution >= 4 is 39.5 Å². The first-order valence-electron chi connectivity index (χ1n) is 39.1. The van der Waals surface area contributed by atoms with Gasteiger partial charge in [0.1, 0.15) is 19.3 Å². The van der Waals surface area contributed by atoms with Crippen molar-refractivity contribution in [2.24, 2.45) is 0 Å². The maximum absolute atomic E-state index is 13.1. The van der Waals surface area contributed by atoms with Gasteiger partial charge in [-0.25, -0.2) is 9.13 Å². The molecule has 2 unspecified atom stereocenters. The summed E-state index contributed by atoms with van der Waals surface area (Å²) < 4.78 is 68.2. The quantitative estimate of drug-likeness (QED) is 0.0169. The zero-order chi connectivity index (χ0) is 69.7. The van der Waals surface area contributed by atoms with Crippen molar-refractivity contribution in [3.8, 4) is 0 Å². The van der Waals surface area contributed by atoms with Gasteiger partial charge in [0.2, 0.25) is 0 Å². The molecule has 0 rings (SSSR count). The van der Waals surface area contributed by atoms with Crippen LogP contribution in [0.4, 0.5) is 0 Å². The molecule has 0 bridgehead atoms. The van der Waals surface area contributed by atoms with E-state index in [9.17, 15) is 43.2 Å². The standard InChI is InChI=1S/C76H144O17P2/c1-5-9-13-17-20-23-26-29-32-33-34-35-36-37-39-42-45-48-51-55-59-63-76(81)93-72(67-87-74(79)61-57-53-49-46-43-41-38-30-27-24-21-18-14-10-6-2)69-91-95(84,85)89-65-70(77)64-88-94(82,83)90-68-71(66-86-73(78)60-56-52-16-12-8-4)92-75(80)62-58-54-50-47-44-40-31-28-25-22-19-15-11-7-3/h24,27,30,38,70-72,77H,5-23,25-26,28-29,31-37,39-69H2,1-4H3,(H,82,83)(H,84,85)/b27-24-,38-30-/t70-,71+,72+/m0/s1. The molecule has 560 valence electrons. The van der Waals surface area contributed by atoms with E-state index in [2.05, 4.69) is 52.0 Å². The van der Waals surface area contributed by atoms with Gasteiger partial charge in [-0.05, 0) is 51.4 Å². The monoisotopic (exact) mass is 1390 g/mol. The number of hydrogen-bond donors (Lipinski definition) is 3. The minimum Gasteiger partial charge on any atom is -0.462 e. The predicted molar refractivity (Wildman–Crippen MR) is 386 cm³/mol. The molecule has 0 spiro atoms.